The second kappa shape index (κ2) is 6.54. The lowest BCUT2D eigenvalue weighted by molar-refractivity contribution is -0.121. The Labute approximate surface area is 157 Å². The number of fused-ring (bicyclic) bond motifs is 5. The Morgan fingerprint density at radius 2 is 1.67 bits per heavy atom. The minimum atomic E-state index is -0.511. The lowest BCUT2D eigenvalue weighted by atomic mass is 10.0. The SMILES string of the molecule is CC(C)NC(=O)CCN1C(=O)c2ccccc2N2C(=O)c3ccccc3[C@@H]12. The van der Waals surface area contributed by atoms with Crippen LogP contribution in [0, 0.1) is 0 Å². The molecular weight excluding hydrogens is 342 g/mol. The maximum atomic E-state index is 13.2. The van der Waals surface area contributed by atoms with Gasteiger partial charge < -0.3 is 10.2 Å². The number of carbonyl (C=O) groups excluding carboxylic acids is 3. The molecule has 0 unspecified atom stereocenters. The van der Waals surface area contributed by atoms with Crippen LogP contribution in [-0.4, -0.2) is 35.2 Å². The number of hydrogen-bond acceptors (Lipinski definition) is 3. The minimum Gasteiger partial charge on any atom is -0.354 e. The van der Waals surface area contributed by atoms with Crippen molar-refractivity contribution < 1.29 is 14.4 Å². The van der Waals surface area contributed by atoms with Crippen LogP contribution in [0.1, 0.15) is 52.7 Å². The molecule has 1 atom stereocenters. The van der Waals surface area contributed by atoms with Gasteiger partial charge in [0, 0.05) is 30.1 Å². The van der Waals surface area contributed by atoms with E-state index in [2.05, 4.69) is 5.32 Å². The topological polar surface area (TPSA) is 69.7 Å². The first-order chi connectivity index (χ1) is 13.0. The van der Waals surface area contributed by atoms with E-state index in [1.807, 2.05) is 38.1 Å². The molecule has 2 aromatic rings. The first-order valence-electron chi connectivity index (χ1n) is 9.11. The molecule has 0 saturated heterocycles. The number of nitrogens with zero attached hydrogens (tertiary/aromatic N) is 2. The van der Waals surface area contributed by atoms with Gasteiger partial charge in [0.15, 0.2) is 0 Å². The zero-order valence-corrected chi connectivity index (χ0v) is 15.3. The molecule has 2 aromatic carbocycles. The molecule has 27 heavy (non-hydrogen) atoms. The molecule has 2 aliphatic rings. The van der Waals surface area contributed by atoms with Gasteiger partial charge in [0.05, 0.1) is 11.3 Å². The monoisotopic (exact) mass is 363 g/mol. The van der Waals surface area contributed by atoms with Gasteiger partial charge in [-0.15, -0.1) is 0 Å². The van der Waals surface area contributed by atoms with Gasteiger partial charge in [-0.2, -0.15) is 0 Å². The summed E-state index contributed by atoms with van der Waals surface area (Å²) in [6.07, 6.45) is -0.324. The number of nitrogens with one attached hydrogen (secondary N) is 1. The quantitative estimate of drug-likeness (QED) is 0.908. The van der Waals surface area contributed by atoms with Gasteiger partial charge in [-0.25, -0.2) is 0 Å². The van der Waals surface area contributed by atoms with E-state index in [1.165, 1.54) is 0 Å². The fourth-order valence-corrected chi connectivity index (χ4v) is 3.82. The molecule has 0 saturated carbocycles. The second-order valence-electron chi connectivity index (χ2n) is 7.12. The molecule has 6 nitrogen and oxygen atoms in total. The molecule has 138 valence electrons. The summed E-state index contributed by atoms with van der Waals surface area (Å²) >= 11 is 0. The van der Waals surface area contributed by atoms with Crippen LogP contribution in [0.3, 0.4) is 0 Å². The van der Waals surface area contributed by atoms with Gasteiger partial charge in [0.2, 0.25) is 5.91 Å². The average Bonchev–Trinajstić information content (AvgIpc) is 2.94. The third-order valence-corrected chi connectivity index (χ3v) is 4.91. The van der Waals surface area contributed by atoms with Gasteiger partial charge in [0.1, 0.15) is 6.17 Å². The van der Waals surface area contributed by atoms with Crippen LogP contribution in [0.15, 0.2) is 48.5 Å². The summed E-state index contributed by atoms with van der Waals surface area (Å²) in [5.74, 6) is -0.387. The van der Waals surface area contributed by atoms with Crippen molar-refractivity contribution in [3.05, 3.63) is 65.2 Å². The highest BCUT2D eigenvalue weighted by Crippen LogP contribution is 2.45. The molecule has 0 bridgehead atoms. The van der Waals surface area contributed by atoms with Crippen molar-refractivity contribution in [1.82, 2.24) is 10.2 Å². The molecule has 0 spiro atoms. The van der Waals surface area contributed by atoms with Crippen LogP contribution in [0.25, 0.3) is 0 Å². The summed E-state index contributed by atoms with van der Waals surface area (Å²) < 4.78 is 0. The van der Waals surface area contributed by atoms with E-state index in [9.17, 15) is 14.4 Å². The molecule has 0 aliphatic carbocycles. The Bertz CT molecular complexity index is 938. The number of anilines is 1. The van der Waals surface area contributed by atoms with E-state index in [4.69, 9.17) is 0 Å². The Kier molecular flexibility index (Phi) is 4.18. The van der Waals surface area contributed by atoms with Crippen molar-refractivity contribution in [3.63, 3.8) is 0 Å². The maximum Gasteiger partial charge on any atom is 0.260 e. The largest absolute Gasteiger partial charge is 0.354 e. The Hall–Kier alpha value is -3.15. The second-order valence-corrected chi connectivity index (χ2v) is 7.12. The van der Waals surface area contributed by atoms with Crippen LogP contribution in [0.5, 0.6) is 0 Å². The van der Waals surface area contributed by atoms with Crippen molar-refractivity contribution in [2.24, 2.45) is 0 Å². The standard InChI is InChI=1S/C21H21N3O3/c1-13(2)22-18(25)11-12-23-19-14-7-3-4-8-15(14)21(27)24(19)17-10-6-5-9-16(17)20(23)26/h3-10,13,19H,11-12H2,1-2H3,(H,22,25)/t19-/m0/s1. The van der Waals surface area contributed by atoms with Crippen LogP contribution >= 0.6 is 0 Å². The van der Waals surface area contributed by atoms with E-state index in [0.717, 1.165) is 5.56 Å². The Morgan fingerprint density at radius 1 is 1.00 bits per heavy atom. The summed E-state index contributed by atoms with van der Waals surface area (Å²) in [6, 6.07) is 14.5. The van der Waals surface area contributed by atoms with Gasteiger partial charge in [-0.05, 0) is 32.0 Å². The molecule has 2 aliphatic heterocycles. The molecule has 1 N–H and O–H groups in total. The lowest BCUT2D eigenvalue weighted by Crippen LogP contribution is -2.49. The first kappa shape index (κ1) is 17.3. The number of para-hydroxylation sites is 1. The molecule has 0 radical (unpaired) electrons. The third-order valence-electron chi connectivity index (χ3n) is 4.91. The van der Waals surface area contributed by atoms with Crippen molar-refractivity contribution >= 4 is 23.4 Å². The summed E-state index contributed by atoms with van der Waals surface area (Å²) in [7, 11) is 0. The number of amides is 3. The van der Waals surface area contributed by atoms with E-state index in [-0.39, 0.29) is 36.7 Å². The van der Waals surface area contributed by atoms with Gasteiger partial charge in [0.25, 0.3) is 11.8 Å². The van der Waals surface area contributed by atoms with Gasteiger partial charge >= 0.3 is 0 Å². The maximum absolute atomic E-state index is 13.2. The van der Waals surface area contributed by atoms with E-state index in [0.29, 0.717) is 16.8 Å². The van der Waals surface area contributed by atoms with Crippen LogP contribution in [-0.2, 0) is 4.79 Å². The smallest absolute Gasteiger partial charge is 0.260 e. The first-order valence-corrected chi connectivity index (χ1v) is 9.11. The van der Waals surface area contributed by atoms with Crippen molar-refractivity contribution in [1.29, 1.82) is 0 Å². The number of rotatable bonds is 4. The molecule has 6 heteroatoms. The molecule has 4 rings (SSSR count). The number of hydrogen-bond donors (Lipinski definition) is 1. The third kappa shape index (κ3) is 2.77. The van der Waals surface area contributed by atoms with E-state index >= 15 is 0 Å². The van der Waals surface area contributed by atoms with E-state index in [1.54, 1.807) is 34.1 Å². The highest BCUT2D eigenvalue weighted by Gasteiger charge is 2.47. The highest BCUT2D eigenvalue weighted by molar-refractivity contribution is 6.16. The number of benzene rings is 2. The van der Waals surface area contributed by atoms with Crippen molar-refractivity contribution in [2.75, 3.05) is 11.4 Å². The van der Waals surface area contributed by atoms with Crippen LogP contribution in [0.2, 0.25) is 0 Å². The van der Waals surface area contributed by atoms with Crippen molar-refractivity contribution in [3.8, 4) is 0 Å². The average molecular weight is 363 g/mol. The van der Waals surface area contributed by atoms with Crippen LogP contribution < -0.4 is 10.2 Å². The van der Waals surface area contributed by atoms with Gasteiger partial charge in [-0.3, -0.25) is 19.3 Å². The summed E-state index contributed by atoms with van der Waals surface area (Å²) in [5.41, 5.74) is 2.51. The minimum absolute atomic E-state index is 0.0422. The molecule has 2 heterocycles. The Balaban J connectivity index is 1.74. The molecular formula is C21H21N3O3. The fraction of sp³-hybridized carbons (Fsp3) is 0.286. The summed E-state index contributed by atoms with van der Waals surface area (Å²) in [4.78, 5) is 41.6. The van der Waals surface area contributed by atoms with Crippen LogP contribution in [0.4, 0.5) is 5.69 Å². The fourth-order valence-electron chi connectivity index (χ4n) is 3.82. The summed E-state index contributed by atoms with van der Waals surface area (Å²) in [6.45, 7) is 4.04. The molecule has 0 fully saturated rings. The van der Waals surface area contributed by atoms with Crippen molar-refractivity contribution in [2.45, 2.75) is 32.5 Å². The van der Waals surface area contributed by atoms with E-state index < -0.39 is 6.17 Å². The lowest BCUT2D eigenvalue weighted by Gasteiger charge is -2.40. The van der Waals surface area contributed by atoms with Gasteiger partial charge in [-0.1, -0.05) is 30.3 Å². The zero-order valence-electron chi connectivity index (χ0n) is 15.3. The predicted octanol–water partition coefficient (Wildman–Crippen LogP) is 2.72. The Morgan fingerprint density at radius 3 is 2.41 bits per heavy atom. The highest BCUT2D eigenvalue weighted by atomic mass is 16.2. The summed E-state index contributed by atoms with van der Waals surface area (Å²) in [5, 5.41) is 2.85. The normalized spacial score (nSPS) is 17.7. The molecule has 0 aromatic heterocycles. The zero-order chi connectivity index (χ0) is 19.1. The number of carbonyl (C=O) groups is 3. The molecule has 3 amide bonds. The predicted molar refractivity (Wildman–Crippen MR) is 101 cm³/mol.